The number of carboxylic acid groups (broad SMARTS) is 1. The van der Waals surface area contributed by atoms with Crippen molar-refractivity contribution in [3.05, 3.63) is 59.7 Å². The summed E-state index contributed by atoms with van der Waals surface area (Å²) in [6, 6.07) is 12.1. The van der Waals surface area contributed by atoms with Gasteiger partial charge in [-0.3, -0.25) is 4.79 Å². The molecule has 3 nitrogen and oxygen atoms in total. The molecule has 1 N–H and O–H groups in total. The van der Waals surface area contributed by atoms with E-state index in [-0.39, 0.29) is 6.54 Å². The molecule has 2 aromatic carbocycles. The summed E-state index contributed by atoms with van der Waals surface area (Å²) >= 11 is 0. The van der Waals surface area contributed by atoms with Gasteiger partial charge >= 0.3 is 12.1 Å². The van der Waals surface area contributed by atoms with Crippen LogP contribution < -0.4 is 4.90 Å². The first-order valence-corrected chi connectivity index (χ1v) is 7.12. The number of hydrogen-bond acceptors (Lipinski definition) is 2. The van der Waals surface area contributed by atoms with Crippen molar-refractivity contribution in [2.24, 2.45) is 5.92 Å². The van der Waals surface area contributed by atoms with E-state index in [1.807, 2.05) is 24.3 Å². The number of aliphatic carboxylic acids is 1. The summed E-state index contributed by atoms with van der Waals surface area (Å²) in [4.78, 5) is 13.1. The number of benzene rings is 2. The van der Waals surface area contributed by atoms with Crippen LogP contribution in [0.1, 0.15) is 11.1 Å². The van der Waals surface area contributed by atoms with Crippen LogP contribution in [0.5, 0.6) is 0 Å². The van der Waals surface area contributed by atoms with E-state index in [9.17, 15) is 23.1 Å². The number of fused-ring (bicyclic) bond motifs is 1. The summed E-state index contributed by atoms with van der Waals surface area (Å²) < 4.78 is 38.0. The fourth-order valence-electron chi connectivity index (χ4n) is 2.84. The van der Waals surface area contributed by atoms with Gasteiger partial charge in [-0.25, -0.2) is 0 Å². The van der Waals surface area contributed by atoms with Gasteiger partial charge in [0.05, 0.1) is 11.5 Å². The molecule has 1 atom stereocenters. The van der Waals surface area contributed by atoms with Crippen molar-refractivity contribution in [3.63, 3.8) is 0 Å². The van der Waals surface area contributed by atoms with Crippen molar-refractivity contribution in [3.8, 4) is 0 Å². The summed E-state index contributed by atoms with van der Waals surface area (Å²) in [7, 11) is 0. The van der Waals surface area contributed by atoms with Gasteiger partial charge in [0.2, 0.25) is 0 Å². The van der Waals surface area contributed by atoms with E-state index in [4.69, 9.17) is 0 Å². The van der Waals surface area contributed by atoms with Gasteiger partial charge in [-0.2, -0.15) is 13.2 Å². The number of carboxylic acids is 1. The third-order valence-corrected chi connectivity index (χ3v) is 4.01. The highest BCUT2D eigenvalue weighted by Gasteiger charge is 2.32. The Balaban J connectivity index is 1.99. The van der Waals surface area contributed by atoms with Crippen molar-refractivity contribution in [1.82, 2.24) is 0 Å². The molecule has 1 unspecified atom stereocenters. The van der Waals surface area contributed by atoms with Crippen molar-refractivity contribution < 1.29 is 23.1 Å². The van der Waals surface area contributed by atoms with Crippen LogP contribution in [0, 0.1) is 5.92 Å². The standard InChI is InChI=1S/C17H14F3NO2/c18-17(19,20)13-5-7-14(8-6-13)21-10-12(16(22)23)9-11-3-1-2-4-15(11)21/h1-8,12H,9-10H2,(H,22,23). The zero-order valence-corrected chi connectivity index (χ0v) is 12.0. The number of alkyl halides is 3. The average Bonchev–Trinajstić information content (AvgIpc) is 2.53. The van der Waals surface area contributed by atoms with E-state index >= 15 is 0 Å². The largest absolute Gasteiger partial charge is 0.481 e. The molecule has 120 valence electrons. The summed E-state index contributed by atoms with van der Waals surface area (Å²) in [5.74, 6) is -1.50. The second-order valence-electron chi connectivity index (χ2n) is 5.52. The summed E-state index contributed by atoms with van der Waals surface area (Å²) in [5, 5.41) is 9.30. The Morgan fingerprint density at radius 1 is 1.09 bits per heavy atom. The highest BCUT2D eigenvalue weighted by atomic mass is 19.4. The minimum atomic E-state index is -4.39. The molecule has 1 aliphatic heterocycles. The highest BCUT2D eigenvalue weighted by molar-refractivity contribution is 5.77. The SMILES string of the molecule is O=C(O)C1Cc2ccccc2N(c2ccc(C(F)(F)F)cc2)C1. The third-order valence-electron chi connectivity index (χ3n) is 4.01. The van der Waals surface area contributed by atoms with Crippen LogP contribution in [-0.2, 0) is 17.4 Å². The number of halogens is 3. The van der Waals surface area contributed by atoms with Crippen LogP contribution in [-0.4, -0.2) is 17.6 Å². The molecule has 0 aliphatic carbocycles. The Bertz CT molecular complexity index is 725. The molecule has 0 spiro atoms. The van der Waals surface area contributed by atoms with E-state index in [0.717, 1.165) is 23.4 Å². The maximum absolute atomic E-state index is 12.7. The van der Waals surface area contributed by atoms with Gasteiger partial charge in [-0.05, 0) is 42.3 Å². The van der Waals surface area contributed by atoms with Crippen LogP contribution in [0.3, 0.4) is 0 Å². The lowest BCUT2D eigenvalue weighted by atomic mass is 9.92. The molecule has 0 saturated carbocycles. The average molecular weight is 321 g/mol. The Hall–Kier alpha value is -2.50. The second-order valence-corrected chi connectivity index (χ2v) is 5.52. The first-order valence-electron chi connectivity index (χ1n) is 7.12. The Morgan fingerprint density at radius 2 is 1.74 bits per heavy atom. The van der Waals surface area contributed by atoms with Crippen LogP contribution in [0.15, 0.2) is 48.5 Å². The van der Waals surface area contributed by atoms with Gasteiger partial charge in [0.1, 0.15) is 0 Å². The number of nitrogens with zero attached hydrogens (tertiary/aromatic N) is 1. The molecule has 1 heterocycles. The Morgan fingerprint density at radius 3 is 2.35 bits per heavy atom. The zero-order valence-electron chi connectivity index (χ0n) is 12.0. The lowest BCUT2D eigenvalue weighted by Crippen LogP contribution is -2.36. The van der Waals surface area contributed by atoms with Gasteiger partial charge in [-0.15, -0.1) is 0 Å². The molecular weight excluding hydrogens is 307 g/mol. The summed E-state index contributed by atoms with van der Waals surface area (Å²) in [6.07, 6.45) is -3.97. The van der Waals surface area contributed by atoms with Gasteiger partial charge < -0.3 is 10.0 Å². The molecule has 0 fully saturated rings. The molecule has 3 rings (SSSR count). The number of hydrogen-bond donors (Lipinski definition) is 1. The number of anilines is 2. The van der Waals surface area contributed by atoms with Crippen molar-refractivity contribution in [2.75, 3.05) is 11.4 Å². The minimum Gasteiger partial charge on any atom is -0.481 e. The molecule has 0 radical (unpaired) electrons. The van der Waals surface area contributed by atoms with Crippen molar-refractivity contribution in [1.29, 1.82) is 0 Å². The molecule has 0 saturated heterocycles. The van der Waals surface area contributed by atoms with Gasteiger partial charge in [0.15, 0.2) is 0 Å². The topological polar surface area (TPSA) is 40.5 Å². The van der Waals surface area contributed by atoms with Gasteiger partial charge in [-0.1, -0.05) is 18.2 Å². The smallest absolute Gasteiger partial charge is 0.416 e. The monoisotopic (exact) mass is 321 g/mol. The quantitative estimate of drug-likeness (QED) is 0.905. The fourth-order valence-corrected chi connectivity index (χ4v) is 2.84. The maximum atomic E-state index is 12.7. The van der Waals surface area contributed by atoms with Crippen molar-refractivity contribution in [2.45, 2.75) is 12.6 Å². The lowest BCUT2D eigenvalue weighted by Gasteiger charge is -2.34. The van der Waals surface area contributed by atoms with Crippen LogP contribution in [0.4, 0.5) is 24.5 Å². The zero-order chi connectivity index (χ0) is 16.6. The molecule has 0 bridgehead atoms. The molecule has 0 aromatic heterocycles. The third kappa shape index (κ3) is 3.02. The van der Waals surface area contributed by atoms with Gasteiger partial charge in [0, 0.05) is 17.9 Å². The molecule has 6 heteroatoms. The Kier molecular flexibility index (Phi) is 3.75. The van der Waals surface area contributed by atoms with E-state index < -0.39 is 23.6 Å². The van der Waals surface area contributed by atoms with Crippen LogP contribution in [0.2, 0.25) is 0 Å². The predicted octanol–water partition coefficient (Wildman–Crippen LogP) is 4.10. The van der Waals surface area contributed by atoms with Crippen molar-refractivity contribution >= 4 is 17.3 Å². The lowest BCUT2D eigenvalue weighted by molar-refractivity contribution is -0.141. The first kappa shape index (κ1) is 15.4. The summed E-state index contributed by atoms with van der Waals surface area (Å²) in [5.41, 5.74) is 1.55. The van der Waals surface area contributed by atoms with Crippen LogP contribution >= 0.6 is 0 Å². The maximum Gasteiger partial charge on any atom is 0.416 e. The first-order chi connectivity index (χ1) is 10.9. The van der Waals surface area contributed by atoms with E-state index in [1.165, 1.54) is 12.1 Å². The normalized spacial score (nSPS) is 17.7. The number of rotatable bonds is 2. The number of carbonyl (C=O) groups is 1. The minimum absolute atomic E-state index is 0.234. The molecule has 1 aliphatic rings. The number of para-hydroxylation sites is 1. The molecular formula is C17H14F3NO2. The van der Waals surface area contributed by atoms with Gasteiger partial charge in [0.25, 0.3) is 0 Å². The predicted molar refractivity (Wildman–Crippen MR) is 79.7 cm³/mol. The van der Waals surface area contributed by atoms with Crippen LogP contribution in [0.25, 0.3) is 0 Å². The fraction of sp³-hybridized carbons (Fsp3) is 0.235. The highest BCUT2D eigenvalue weighted by Crippen LogP contribution is 2.37. The van der Waals surface area contributed by atoms with E-state index in [2.05, 4.69) is 0 Å². The molecule has 0 amide bonds. The van der Waals surface area contributed by atoms with E-state index in [0.29, 0.717) is 12.1 Å². The summed E-state index contributed by atoms with van der Waals surface area (Å²) in [6.45, 7) is 0.234. The second kappa shape index (κ2) is 5.61. The molecule has 2 aromatic rings. The molecule has 23 heavy (non-hydrogen) atoms. The van der Waals surface area contributed by atoms with E-state index in [1.54, 1.807) is 4.90 Å². The Labute approximate surface area is 131 Å².